The second-order valence-corrected chi connectivity index (χ2v) is 9.24. The van der Waals surface area contributed by atoms with Crippen LogP contribution in [0.4, 0.5) is 32.3 Å². The van der Waals surface area contributed by atoms with E-state index in [1.165, 1.54) is 23.4 Å². The zero-order chi connectivity index (χ0) is 29.8. The zero-order valence-corrected chi connectivity index (χ0v) is 21.8. The van der Waals surface area contributed by atoms with Gasteiger partial charge in [0.15, 0.2) is 0 Å². The van der Waals surface area contributed by atoms with Crippen LogP contribution in [0.15, 0.2) is 67.0 Å². The Hall–Kier alpha value is -4.35. The standard InChI is InChI=1S/C29H25F6N3O3/c1-2-18-15-36-27(37-16-18)38(17-21-8-9-22(28(30,31)32)14-24(21)29(33,34)35)10-5-11-41-25-13-20-7-4-3-6-19(20)12-23(25)26(39)40/h3-4,6-9,12-16H,2,5,10-11,17H2,1H3,(H,39,40). The Morgan fingerprint density at radius 2 is 1.59 bits per heavy atom. The fourth-order valence-electron chi connectivity index (χ4n) is 4.25. The van der Waals surface area contributed by atoms with Gasteiger partial charge in [0.05, 0.1) is 17.7 Å². The number of nitrogens with zero attached hydrogens (tertiary/aromatic N) is 3. The number of hydrogen-bond acceptors (Lipinski definition) is 5. The number of aromatic nitrogens is 2. The molecule has 0 amide bonds. The summed E-state index contributed by atoms with van der Waals surface area (Å²) in [5, 5.41) is 11.1. The molecule has 216 valence electrons. The Morgan fingerprint density at radius 1 is 0.927 bits per heavy atom. The molecule has 4 rings (SSSR count). The van der Waals surface area contributed by atoms with Crippen LogP contribution in [-0.4, -0.2) is 34.2 Å². The van der Waals surface area contributed by atoms with Crippen LogP contribution in [0.5, 0.6) is 5.75 Å². The van der Waals surface area contributed by atoms with Gasteiger partial charge in [-0.25, -0.2) is 14.8 Å². The van der Waals surface area contributed by atoms with Crippen LogP contribution < -0.4 is 9.64 Å². The normalized spacial score (nSPS) is 12.0. The van der Waals surface area contributed by atoms with Gasteiger partial charge in [-0.05, 0) is 59.0 Å². The predicted octanol–water partition coefficient (Wildman–Crippen LogP) is 7.40. The van der Waals surface area contributed by atoms with E-state index < -0.39 is 36.0 Å². The number of carboxylic acid groups (broad SMARTS) is 1. The number of hydrogen-bond donors (Lipinski definition) is 1. The lowest BCUT2D eigenvalue weighted by Crippen LogP contribution is -2.28. The third kappa shape index (κ3) is 7.24. The van der Waals surface area contributed by atoms with Crippen LogP contribution in [-0.2, 0) is 25.3 Å². The molecular weight excluding hydrogens is 552 g/mol. The minimum absolute atomic E-state index is 0.00129. The number of carboxylic acids is 1. The first-order valence-electron chi connectivity index (χ1n) is 12.6. The highest BCUT2D eigenvalue weighted by molar-refractivity contribution is 5.97. The van der Waals surface area contributed by atoms with Crippen LogP contribution in [0, 0.1) is 0 Å². The molecule has 0 atom stereocenters. The second-order valence-electron chi connectivity index (χ2n) is 9.24. The molecule has 0 saturated heterocycles. The topological polar surface area (TPSA) is 75.6 Å². The summed E-state index contributed by atoms with van der Waals surface area (Å²) in [6.45, 7) is 1.53. The molecule has 4 aromatic rings. The molecule has 12 heteroatoms. The van der Waals surface area contributed by atoms with Crippen molar-refractivity contribution in [2.45, 2.75) is 38.7 Å². The lowest BCUT2D eigenvalue weighted by atomic mass is 10.0. The molecule has 41 heavy (non-hydrogen) atoms. The molecule has 0 aliphatic rings. The first-order valence-corrected chi connectivity index (χ1v) is 12.6. The van der Waals surface area contributed by atoms with Gasteiger partial charge in [0.2, 0.25) is 5.95 Å². The number of ether oxygens (including phenoxy) is 1. The largest absolute Gasteiger partial charge is 0.493 e. The molecule has 1 N–H and O–H groups in total. The van der Waals surface area contributed by atoms with E-state index in [1.807, 2.05) is 6.92 Å². The maximum atomic E-state index is 13.8. The number of benzene rings is 3. The van der Waals surface area contributed by atoms with E-state index in [0.29, 0.717) is 17.9 Å². The van der Waals surface area contributed by atoms with Crippen molar-refractivity contribution in [1.82, 2.24) is 9.97 Å². The fraction of sp³-hybridized carbons (Fsp3) is 0.276. The van der Waals surface area contributed by atoms with Gasteiger partial charge in [0, 0.05) is 25.5 Å². The Balaban J connectivity index is 1.57. The van der Waals surface area contributed by atoms with Gasteiger partial charge in [-0.2, -0.15) is 26.3 Å². The van der Waals surface area contributed by atoms with Crippen molar-refractivity contribution in [2.24, 2.45) is 0 Å². The van der Waals surface area contributed by atoms with Crippen LogP contribution in [0.2, 0.25) is 0 Å². The van der Waals surface area contributed by atoms with E-state index in [2.05, 4.69) is 9.97 Å². The van der Waals surface area contributed by atoms with Crippen LogP contribution in [0.25, 0.3) is 10.8 Å². The second kappa shape index (κ2) is 12.0. The van der Waals surface area contributed by atoms with Gasteiger partial charge in [0.1, 0.15) is 11.3 Å². The van der Waals surface area contributed by atoms with Crippen molar-refractivity contribution in [1.29, 1.82) is 0 Å². The molecule has 0 aliphatic heterocycles. The minimum Gasteiger partial charge on any atom is -0.493 e. The van der Waals surface area contributed by atoms with Gasteiger partial charge in [-0.1, -0.05) is 37.3 Å². The number of aromatic carboxylic acids is 1. The average Bonchev–Trinajstić information content (AvgIpc) is 2.93. The third-order valence-electron chi connectivity index (χ3n) is 6.39. The van der Waals surface area contributed by atoms with Crippen molar-refractivity contribution in [3.8, 4) is 5.75 Å². The Bertz CT molecular complexity index is 1520. The van der Waals surface area contributed by atoms with Gasteiger partial charge >= 0.3 is 18.3 Å². The lowest BCUT2D eigenvalue weighted by molar-refractivity contribution is -0.143. The molecule has 1 aromatic heterocycles. The molecule has 0 unspecified atom stereocenters. The smallest absolute Gasteiger partial charge is 0.416 e. The van der Waals surface area contributed by atoms with Crippen molar-refractivity contribution >= 4 is 22.7 Å². The molecule has 3 aromatic carbocycles. The number of alkyl halides is 6. The quantitative estimate of drug-likeness (QED) is 0.156. The van der Waals surface area contributed by atoms with E-state index in [-0.39, 0.29) is 48.5 Å². The molecule has 0 aliphatic carbocycles. The van der Waals surface area contributed by atoms with Gasteiger partial charge in [-0.15, -0.1) is 0 Å². The monoisotopic (exact) mass is 577 g/mol. The summed E-state index contributed by atoms with van der Waals surface area (Å²) < 4.78 is 86.6. The van der Waals surface area contributed by atoms with Crippen LogP contribution in [0.3, 0.4) is 0 Å². The zero-order valence-electron chi connectivity index (χ0n) is 21.8. The van der Waals surface area contributed by atoms with Crippen molar-refractivity contribution in [3.05, 3.63) is 94.8 Å². The molecule has 0 saturated carbocycles. The minimum atomic E-state index is -5.03. The number of anilines is 1. The Labute approximate surface area is 231 Å². The number of halogens is 6. The summed E-state index contributed by atoms with van der Waals surface area (Å²) in [6, 6.07) is 11.8. The molecule has 0 spiro atoms. The van der Waals surface area contributed by atoms with E-state index in [0.717, 1.165) is 17.0 Å². The highest BCUT2D eigenvalue weighted by Gasteiger charge is 2.38. The summed E-state index contributed by atoms with van der Waals surface area (Å²) in [6.07, 6.45) is -6.07. The SMILES string of the molecule is CCc1cnc(N(CCCOc2cc3ccccc3cc2C(=O)O)Cc2ccc(C(F)(F)F)cc2C(F)(F)F)nc1. The fourth-order valence-corrected chi connectivity index (χ4v) is 4.25. The first kappa shape index (κ1) is 29.6. The molecule has 0 fully saturated rings. The number of rotatable bonds is 10. The molecule has 0 radical (unpaired) electrons. The number of carbonyl (C=O) groups is 1. The lowest BCUT2D eigenvalue weighted by Gasteiger charge is -2.25. The highest BCUT2D eigenvalue weighted by atomic mass is 19.4. The first-order chi connectivity index (χ1) is 19.4. The van der Waals surface area contributed by atoms with Gasteiger partial charge in [-0.3, -0.25) is 0 Å². The number of fused-ring (bicyclic) bond motifs is 1. The Morgan fingerprint density at radius 3 is 2.17 bits per heavy atom. The maximum Gasteiger partial charge on any atom is 0.416 e. The highest BCUT2D eigenvalue weighted by Crippen LogP contribution is 2.38. The van der Waals surface area contributed by atoms with Crippen molar-refractivity contribution in [3.63, 3.8) is 0 Å². The summed E-state index contributed by atoms with van der Waals surface area (Å²) in [5.41, 5.74) is -2.43. The summed E-state index contributed by atoms with van der Waals surface area (Å²) in [7, 11) is 0. The summed E-state index contributed by atoms with van der Waals surface area (Å²) in [5.74, 6) is -0.959. The number of aryl methyl sites for hydroxylation is 1. The van der Waals surface area contributed by atoms with E-state index in [4.69, 9.17) is 4.74 Å². The third-order valence-corrected chi connectivity index (χ3v) is 6.39. The van der Waals surface area contributed by atoms with E-state index in [1.54, 1.807) is 30.3 Å². The van der Waals surface area contributed by atoms with Crippen molar-refractivity contribution < 1.29 is 41.0 Å². The predicted molar refractivity (Wildman–Crippen MR) is 140 cm³/mol. The van der Waals surface area contributed by atoms with E-state index in [9.17, 15) is 36.2 Å². The summed E-state index contributed by atoms with van der Waals surface area (Å²) in [4.78, 5) is 21.7. The molecule has 1 heterocycles. The molecule has 0 bridgehead atoms. The van der Waals surface area contributed by atoms with Crippen molar-refractivity contribution in [2.75, 3.05) is 18.1 Å². The molecule has 6 nitrogen and oxygen atoms in total. The maximum absolute atomic E-state index is 13.8. The Kier molecular flexibility index (Phi) is 8.69. The summed E-state index contributed by atoms with van der Waals surface area (Å²) >= 11 is 0. The average molecular weight is 578 g/mol. The van der Waals surface area contributed by atoms with Gasteiger partial charge < -0.3 is 14.7 Å². The van der Waals surface area contributed by atoms with Gasteiger partial charge in [0.25, 0.3) is 0 Å². The van der Waals surface area contributed by atoms with Crippen LogP contribution >= 0.6 is 0 Å². The van der Waals surface area contributed by atoms with Crippen LogP contribution in [0.1, 0.15) is 46.0 Å². The van der Waals surface area contributed by atoms with E-state index >= 15 is 0 Å². The molecular formula is C29H25F6N3O3.